The molecule has 1 fully saturated rings. The van der Waals surface area contributed by atoms with Gasteiger partial charge in [0.15, 0.2) is 0 Å². The number of thiazole rings is 1. The van der Waals surface area contributed by atoms with Crippen molar-refractivity contribution in [3.05, 3.63) is 76.3 Å². The summed E-state index contributed by atoms with van der Waals surface area (Å²) in [7, 11) is 0. The summed E-state index contributed by atoms with van der Waals surface area (Å²) >= 11 is 7.67. The Morgan fingerprint density at radius 3 is 2.43 bits per heavy atom. The second kappa shape index (κ2) is 10.6. The maximum Gasteiger partial charge on any atom is 0.123 e. The minimum atomic E-state index is 0. The summed E-state index contributed by atoms with van der Waals surface area (Å²) in [5, 5.41) is 3.96. The van der Waals surface area contributed by atoms with Gasteiger partial charge in [0.2, 0.25) is 0 Å². The largest absolute Gasteiger partial charge is 0.330 e. The number of halogens is 3. The van der Waals surface area contributed by atoms with Crippen LogP contribution in [-0.4, -0.2) is 29.5 Å². The van der Waals surface area contributed by atoms with Crippen molar-refractivity contribution in [3.63, 3.8) is 0 Å². The van der Waals surface area contributed by atoms with E-state index in [4.69, 9.17) is 22.3 Å². The van der Waals surface area contributed by atoms with E-state index in [9.17, 15) is 0 Å². The van der Waals surface area contributed by atoms with E-state index >= 15 is 0 Å². The van der Waals surface area contributed by atoms with Crippen molar-refractivity contribution in [2.75, 3.05) is 19.6 Å². The Labute approximate surface area is 187 Å². The molecule has 0 bridgehead atoms. The van der Waals surface area contributed by atoms with Gasteiger partial charge in [0.25, 0.3) is 0 Å². The molecule has 3 aromatic rings. The molecule has 0 spiro atoms. The second-order valence-electron chi connectivity index (χ2n) is 6.86. The van der Waals surface area contributed by atoms with E-state index in [1.54, 1.807) is 11.3 Å². The highest BCUT2D eigenvalue weighted by atomic mass is 35.5. The molecule has 2 N–H and O–H groups in total. The van der Waals surface area contributed by atoms with Crippen molar-refractivity contribution in [2.24, 2.45) is 11.7 Å². The highest BCUT2D eigenvalue weighted by Gasteiger charge is 2.32. The Kier molecular flexibility index (Phi) is 8.75. The fourth-order valence-corrected chi connectivity index (χ4v) is 4.68. The van der Waals surface area contributed by atoms with E-state index < -0.39 is 0 Å². The van der Waals surface area contributed by atoms with Crippen molar-refractivity contribution in [1.29, 1.82) is 0 Å². The summed E-state index contributed by atoms with van der Waals surface area (Å²) in [5.41, 5.74) is 9.70. The highest BCUT2D eigenvalue weighted by Crippen LogP contribution is 2.33. The first-order chi connectivity index (χ1) is 12.7. The third kappa shape index (κ3) is 5.26. The molecule has 0 aliphatic carbocycles. The predicted molar refractivity (Wildman–Crippen MR) is 124 cm³/mol. The third-order valence-corrected chi connectivity index (χ3v) is 6.27. The predicted octanol–water partition coefficient (Wildman–Crippen LogP) is 5.48. The zero-order valence-corrected chi connectivity index (χ0v) is 18.5. The van der Waals surface area contributed by atoms with Crippen LogP contribution in [0.1, 0.15) is 17.2 Å². The zero-order chi connectivity index (χ0) is 17.9. The first kappa shape index (κ1) is 23.1. The molecule has 1 aromatic heterocycles. The fourth-order valence-electron chi connectivity index (χ4n) is 3.74. The SMILES string of the molecule is Cl.Cl.NC[C@@H]1CN(Cc2csc(-c3ccc(Cl)cc3)n2)C[C@H]1c1ccccc1. The van der Waals surface area contributed by atoms with Crippen molar-refractivity contribution >= 4 is 47.8 Å². The Morgan fingerprint density at radius 2 is 1.75 bits per heavy atom. The summed E-state index contributed by atoms with van der Waals surface area (Å²) in [6.45, 7) is 3.68. The molecule has 2 aromatic carbocycles. The molecule has 150 valence electrons. The van der Waals surface area contributed by atoms with Crippen LogP contribution in [0, 0.1) is 5.92 Å². The molecule has 0 unspecified atom stereocenters. The number of hydrogen-bond donors (Lipinski definition) is 1. The lowest BCUT2D eigenvalue weighted by Crippen LogP contribution is -2.23. The number of rotatable bonds is 5. The minimum Gasteiger partial charge on any atom is -0.330 e. The van der Waals surface area contributed by atoms with Gasteiger partial charge in [-0.15, -0.1) is 36.2 Å². The molecular weight excluding hydrogens is 433 g/mol. The maximum atomic E-state index is 6.06. The van der Waals surface area contributed by atoms with E-state index in [0.29, 0.717) is 11.8 Å². The number of nitrogens with two attached hydrogens (primary N) is 1. The highest BCUT2D eigenvalue weighted by molar-refractivity contribution is 7.13. The summed E-state index contributed by atoms with van der Waals surface area (Å²) in [4.78, 5) is 7.31. The Morgan fingerprint density at radius 1 is 1.04 bits per heavy atom. The van der Waals surface area contributed by atoms with Gasteiger partial charge < -0.3 is 5.73 Å². The summed E-state index contributed by atoms with van der Waals surface area (Å²) in [6.07, 6.45) is 0. The van der Waals surface area contributed by atoms with Gasteiger partial charge in [-0.3, -0.25) is 4.90 Å². The zero-order valence-electron chi connectivity index (χ0n) is 15.3. The van der Waals surface area contributed by atoms with Gasteiger partial charge in [-0.25, -0.2) is 4.98 Å². The standard InChI is InChI=1S/C21H22ClN3S.2ClH/c22-18-8-6-16(7-9-18)21-24-19(14-26-21)12-25-11-17(10-23)20(13-25)15-4-2-1-3-5-15;;/h1-9,14,17,20H,10-13,23H2;2*1H/t17-,20+;;/m1../s1. The first-order valence-corrected chi connectivity index (χ1v) is 10.2. The molecule has 1 aliphatic rings. The average Bonchev–Trinajstić information content (AvgIpc) is 3.30. The number of benzene rings is 2. The van der Waals surface area contributed by atoms with Crippen molar-refractivity contribution in [2.45, 2.75) is 12.5 Å². The van der Waals surface area contributed by atoms with E-state index in [2.05, 4.69) is 40.6 Å². The molecule has 0 radical (unpaired) electrons. The fraction of sp³-hybridized carbons (Fsp3) is 0.286. The topological polar surface area (TPSA) is 42.1 Å². The molecule has 7 heteroatoms. The molecule has 0 amide bonds. The van der Waals surface area contributed by atoms with Gasteiger partial charge in [0.05, 0.1) is 5.69 Å². The van der Waals surface area contributed by atoms with Gasteiger partial charge in [-0.05, 0) is 30.2 Å². The normalized spacial score (nSPS) is 19.1. The molecule has 1 aliphatic heterocycles. The molecule has 4 rings (SSSR count). The van der Waals surface area contributed by atoms with E-state index in [-0.39, 0.29) is 24.8 Å². The lowest BCUT2D eigenvalue weighted by atomic mass is 9.89. The van der Waals surface area contributed by atoms with E-state index in [1.807, 2.05) is 24.3 Å². The van der Waals surface area contributed by atoms with Crippen LogP contribution in [0.4, 0.5) is 0 Å². The van der Waals surface area contributed by atoms with Crippen molar-refractivity contribution in [1.82, 2.24) is 9.88 Å². The Bertz CT molecular complexity index is 855. The van der Waals surface area contributed by atoms with Gasteiger partial charge in [0, 0.05) is 41.5 Å². The Hall–Kier alpha value is -1.14. The first-order valence-electron chi connectivity index (χ1n) is 8.90. The molecule has 2 atom stereocenters. The molecule has 1 saturated heterocycles. The molecule has 28 heavy (non-hydrogen) atoms. The number of nitrogens with zero attached hydrogens (tertiary/aromatic N) is 2. The van der Waals surface area contributed by atoms with Gasteiger partial charge in [-0.1, -0.05) is 54.1 Å². The van der Waals surface area contributed by atoms with Gasteiger partial charge in [-0.2, -0.15) is 0 Å². The van der Waals surface area contributed by atoms with Crippen LogP contribution in [0.15, 0.2) is 60.0 Å². The monoisotopic (exact) mass is 455 g/mol. The minimum absolute atomic E-state index is 0. The van der Waals surface area contributed by atoms with Crippen LogP contribution in [0.3, 0.4) is 0 Å². The smallest absolute Gasteiger partial charge is 0.123 e. The molecule has 2 heterocycles. The van der Waals surface area contributed by atoms with Crippen molar-refractivity contribution < 1.29 is 0 Å². The molecule has 3 nitrogen and oxygen atoms in total. The van der Waals surface area contributed by atoms with Gasteiger partial charge in [0.1, 0.15) is 5.01 Å². The van der Waals surface area contributed by atoms with Crippen LogP contribution >= 0.6 is 47.8 Å². The lowest BCUT2D eigenvalue weighted by molar-refractivity contribution is 0.314. The van der Waals surface area contributed by atoms with Crippen LogP contribution < -0.4 is 5.73 Å². The second-order valence-corrected chi connectivity index (χ2v) is 8.15. The quantitative estimate of drug-likeness (QED) is 0.552. The number of hydrogen-bond acceptors (Lipinski definition) is 4. The Balaban J connectivity index is 0.00000140. The number of likely N-dealkylation sites (tertiary alicyclic amines) is 1. The maximum absolute atomic E-state index is 6.06. The van der Waals surface area contributed by atoms with E-state index in [1.165, 1.54) is 5.56 Å². The van der Waals surface area contributed by atoms with Crippen LogP contribution in [-0.2, 0) is 6.54 Å². The molecular formula is C21H24Cl3N3S. The third-order valence-electron chi connectivity index (χ3n) is 5.08. The van der Waals surface area contributed by atoms with Gasteiger partial charge >= 0.3 is 0 Å². The van der Waals surface area contributed by atoms with Crippen LogP contribution in [0.2, 0.25) is 5.02 Å². The average molecular weight is 457 g/mol. The molecule has 0 saturated carbocycles. The summed E-state index contributed by atoms with van der Waals surface area (Å²) < 4.78 is 0. The van der Waals surface area contributed by atoms with E-state index in [0.717, 1.165) is 47.5 Å². The van der Waals surface area contributed by atoms with Crippen LogP contribution in [0.25, 0.3) is 10.6 Å². The van der Waals surface area contributed by atoms with Crippen molar-refractivity contribution in [3.8, 4) is 10.6 Å². The summed E-state index contributed by atoms with van der Waals surface area (Å²) in [5.74, 6) is 1.02. The lowest BCUT2D eigenvalue weighted by Gasteiger charge is -2.16. The summed E-state index contributed by atoms with van der Waals surface area (Å²) in [6, 6.07) is 18.6. The number of aromatic nitrogens is 1. The van der Waals surface area contributed by atoms with Crippen LogP contribution in [0.5, 0.6) is 0 Å².